The summed E-state index contributed by atoms with van der Waals surface area (Å²) in [5, 5.41) is 9.03. The van der Waals surface area contributed by atoms with Crippen molar-refractivity contribution in [3.05, 3.63) is 229 Å². The van der Waals surface area contributed by atoms with Crippen molar-refractivity contribution < 1.29 is 0 Å². The van der Waals surface area contributed by atoms with Crippen molar-refractivity contribution in [2.75, 3.05) is 0 Å². The van der Waals surface area contributed by atoms with E-state index in [9.17, 15) is 0 Å². The van der Waals surface area contributed by atoms with Crippen LogP contribution in [0.3, 0.4) is 0 Å². The van der Waals surface area contributed by atoms with Gasteiger partial charge in [-0.05, 0) is 94.1 Å². The summed E-state index contributed by atoms with van der Waals surface area (Å²) < 4.78 is 4.79. The quantitative estimate of drug-likeness (QED) is 0.182. The molecule has 3 nitrogen and oxygen atoms in total. The molecule has 10 aromatic rings. The molecule has 0 saturated heterocycles. The summed E-state index contributed by atoms with van der Waals surface area (Å²) in [7, 11) is 0. The van der Waals surface area contributed by atoms with Gasteiger partial charge in [-0.3, -0.25) is 0 Å². The molecule has 1 aliphatic rings. The van der Waals surface area contributed by atoms with E-state index in [1.807, 2.05) is 0 Å². The Kier molecular flexibility index (Phi) is 7.56. The predicted molar refractivity (Wildman–Crippen MR) is 235 cm³/mol. The lowest BCUT2D eigenvalue weighted by Crippen LogP contribution is -2.22. The van der Waals surface area contributed by atoms with Gasteiger partial charge in [-0.25, -0.2) is 0 Å². The fraction of sp³-hybridized carbons (Fsp3) is 0.0189. The van der Waals surface area contributed by atoms with Crippen molar-refractivity contribution in [1.29, 1.82) is 0 Å². The maximum atomic E-state index is 3.98. The van der Waals surface area contributed by atoms with Crippen LogP contribution in [-0.2, 0) is 0 Å². The molecule has 8 aromatic carbocycles. The highest BCUT2D eigenvalue weighted by Gasteiger charge is 2.21. The van der Waals surface area contributed by atoms with Crippen LogP contribution in [0.2, 0.25) is 0 Å². The lowest BCUT2D eigenvalue weighted by Gasteiger charge is -2.26. The first kappa shape index (κ1) is 32.1. The summed E-state index contributed by atoms with van der Waals surface area (Å²) in [6, 6.07) is 72.3. The summed E-state index contributed by atoms with van der Waals surface area (Å²) in [4.78, 5) is 0. The molecule has 0 radical (unpaired) electrons. The summed E-state index contributed by atoms with van der Waals surface area (Å²) in [5.74, 6) is 0. The number of rotatable bonds is 6. The second-order valence-electron chi connectivity index (χ2n) is 14.6. The molecule has 0 bridgehead atoms. The number of benzene rings is 8. The standard InChI is InChI=1S/C53H37N3/c1-2-14-36(15-3-1)37-28-30-38(31-29-37)41-34-48(39-16-12-18-42(32-39)55-50-24-8-4-20-44(50)45-21-5-9-25-51(45)55)54-49(35-41)40-17-13-19-43(33-40)56-52-26-10-6-22-46(52)47-23-7-11-27-53(47)56/h1-35,48,54H. The minimum atomic E-state index is -0.0660. The third kappa shape index (κ3) is 5.36. The van der Waals surface area contributed by atoms with E-state index < -0.39 is 0 Å². The Labute approximate surface area is 325 Å². The van der Waals surface area contributed by atoms with E-state index in [1.54, 1.807) is 0 Å². The Balaban J connectivity index is 1.04. The number of nitrogens with zero attached hydrogens (tertiary/aromatic N) is 2. The van der Waals surface area contributed by atoms with Crippen LogP contribution in [0, 0.1) is 0 Å². The molecule has 0 spiro atoms. The van der Waals surface area contributed by atoms with Gasteiger partial charge in [0, 0.05) is 38.6 Å². The molecule has 56 heavy (non-hydrogen) atoms. The Morgan fingerprint density at radius 1 is 0.357 bits per heavy atom. The Hall–Kier alpha value is -7.36. The third-order valence-corrected chi connectivity index (χ3v) is 11.3. The molecule has 2 aromatic heterocycles. The normalized spacial score (nSPS) is 14.2. The fourth-order valence-electron chi connectivity index (χ4n) is 8.72. The highest BCUT2D eigenvalue weighted by molar-refractivity contribution is 6.10. The van der Waals surface area contributed by atoms with Crippen molar-refractivity contribution in [3.8, 4) is 22.5 Å². The minimum Gasteiger partial charge on any atom is -0.374 e. The number of allylic oxidation sites excluding steroid dienone is 2. The first-order chi connectivity index (χ1) is 27.8. The highest BCUT2D eigenvalue weighted by Crippen LogP contribution is 2.37. The van der Waals surface area contributed by atoms with Gasteiger partial charge in [-0.2, -0.15) is 0 Å². The summed E-state index contributed by atoms with van der Waals surface area (Å²) in [6.45, 7) is 0. The average Bonchev–Trinajstić information content (AvgIpc) is 3.80. The molecule has 1 N–H and O–H groups in total. The van der Waals surface area contributed by atoms with Crippen molar-refractivity contribution >= 4 is 54.9 Å². The molecule has 0 aliphatic carbocycles. The molecule has 11 rings (SSSR count). The van der Waals surface area contributed by atoms with Crippen LogP contribution in [0.4, 0.5) is 0 Å². The monoisotopic (exact) mass is 715 g/mol. The molecule has 264 valence electrons. The molecule has 3 heterocycles. The molecule has 1 atom stereocenters. The van der Waals surface area contributed by atoms with Gasteiger partial charge in [-0.1, -0.05) is 152 Å². The van der Waals surface area contributed by atoms with Crippen LogP contribution >= 0.6 is 0 Å². The van der Waals surface area contributed by atoms with Crippen LogP contribution in [0.5, 0.6) is 0 Å². The van der Waals surface area contributed by atoms with E-state index >= 15 is 0 Å². The lowest BCUT2D eigenvalue weighted by molar-refractivity contribution is 0.765. The number of dihydropyridines is 1. The SMILES string of the molecule is C1=C(c2ccc(-c3ccccc3)cc2)C=C(c2cccc(-n3c4ccccc4c4ccccc43)c2)NC1c1cccc(-n2c3ccccc3c3ccccc32)c1. The van der Waals surface area contributed by atoms with E-state index in [2.05, 4.69) is 227 Å². The first-order valence-electron chi connectivity index (χ1n) is 19.3. The van der Waals surface area contributed by atoms with Crippen molar-refractivity contribution in [2.24, 2.45) is 0 Å². The highest BCUT2D eigenvalue weighted by atomic mass is 15.0. The van der Waals surface area contributed by atoms with Gasteiger partial charge in [0.25, 0.3) is 0 Å². The van der Waals surface area contributed by atoms with Gasteiger partial charge in [0.1, 0.15) is 0 Å². The zero-order valence-electron chi connectivity index (χ0n) is 30.7. The number of nitrogens with one attached hydrogen (secondary N) is 1. The number of fused-ring (bicyclic) bond motifs is 6. The largest absolute Gasteiger partial charge is 0.374 e. The lowest BCUT2D eigenvalue weighted by atomic mass is 9.92. The maximum Gasteiger partial charge on any atom is 0.0707 e. The van der Waals surface area contributed by atoms with Gasteiger partial charge in [0.05, 0.1) is 28.1 Å². The Morgan fingerprint density at radius 2 is 0.804 bits per heavy atom. The van der Waals surface area contributed by atoms with Crippen LogP contribution in [-0.4, -0.2) is 9.13 Å². The topological polar surface area (TPSA) is 21.9 Å². The molecular weight excluding hydrogens is 679 g/mol. The minimum absolute atomic E-state index is 0.0660. The molecule has 1 aliphatic heterocycles. The Bertz CT molecular complexity index is 3050. The summed E-state index contributed by atoms with van der Waals surface area (Å²) >= 11 is 0. The van der Waals surface area contributed by atoms with Gasteiger partial charge >= 0.3 is 0 Å². The fourth-order valence-corrected chi connectivity index (χ4v) is 8.72. The smallest absolute Gasteiger partial charge is 0.0707 e. The molecule has 0 fully saturated rings. The van der Waals surface area contributed by atoms with Gasteiger partial charge in [0.15, 0.2) is 0 Å². The number of hydrogen-bond donors (Lipinski definition) is 1. The first-order valence-corrected chi connectivity index (χ1v) is 19.3. The molecule has 3 heteroatoms. The van der Waals surface area contributed by atoms with E-state index in [-0.39, 0.29) is 6.04 Å². The predicted octanol–water partition coefficient (Wildman–Crippen LogP) is 13.3. The van der Waals surface area contributed by atoms with Crippen molar-refractivity contribution in [2.45, 2.75) is 6.04 Å². The second-order valence-corrected chi connectivity index (χ2v) is 14.6. The van der Waals surface area contributed by atoms with Crippen LogP contribution < -0.4 is 5.32 Å². The van der Waals surface area contributed by atoms with E-state index in [4.69, 9.17) is 0 Å². The zero-order valence-corrected chi connectivity index (χ0v) is 30.7. The van der Waals surface area contributed by atoms with Gasteiger partial charge < -0.3 is 14.5 Å². The van der Waals surface area contributed by atoms with E-state index in [0.717, 1.165) is 22.6 Å². The Morgan fingerprint density at radius 3 is 1.38 bits per heavy atom. The van der Waals surface area contributed by atoms with Gasteiger partial charge in [0.2, 0.25) is 0 Å². The molecule has 0 saturated carbocycles. The third-order valence-electron chi connectivity index (χ3n) is 11.3. The van der Waals surface area contributed by atoms with Crippen LogP contribution in [0.1, 0.15) is 22.7 Å². The number of hydrogen-bond acceptors (Lipinski definition) is 1. The summed E-state index contributed by atoms with van der Waals surface area (Å²) in [6.07, 6.45) is 4.69. The van der Waals surface area contributed by atoms with Gasteiger partial charge in [-0.15, -0.1) is 0 Å². The molecular formula is C53H37N3. The summed E-state index contributed by atoms with van der Waals surface area (Å²) in [5.41, 5.74) is 15.3. The van der Waals surface area contributed by atoms with Crippen LogP contribution in [0.15, 0.2) is 212 Å². The maximum absolute atomic E-state index is 3.98. The van der Waals surface area contributed by atoms with E-state index in [1.165, 1.54) is 71.4 Å². The molecule has 1 unspecified atom stereocenters. The van der Waals surface area contributed by atoms with Crippen molar-refractivity contribution in [1.82, 2.24) is 14.5 Å². The van der Waals surface area contributed by atoms with Crippen molar-refractivity contribution in [3.63, 3.8) is 0 Å². The zero-order chi connectivity index (χ0) is 37.0. The molecule has 0 amide bonds. The van der Waals surface area contributed by atoms with E-state index in [0.29, 0.717) is 0 Å². The number of para-hydroxylation sites is 4. The number of aromatic nitrogens is 2. The van der Waals surface area contributed by atoms with Crippen LogP contribution in [0.25, 0.3) is 77.4 Å². The average molecular weight is 716 g/mol. The second kappa shape index (κ2) is 13.2.